The molecule has 2 aromatic carbocycles. The van der Waals surface area contributed by atoms with Gasteiger partial charge in [0.05, 0.1) is 15.1 Å². The number of rotatable bonds is 5. The molecule has 6 nitrogen and oxygen atoms in total. The number of nitrogens with one attached hydrogen (secondary N) is 1. The fourth-order valence-electron chi connectivity index (χ4n) is 2.75. The molecule has 1 N–H and O–H groups in total. The standard InChI is InChI=1S/C20H12Cl5NO5/c21-14-15(22)17(24)19(18(25)16(14)23)30-8-10-2-4-12(31-10)20(27)26-9-1-3-11-13(7-9)29-6-5-28-11/h1-4,7H,5-6,8H2,(H,26,27). The molecule has 0 fully saturated rings. The predicted octanol–water partition coefficient (Wildman–Crippen LogP) is 7.15. The summed E-state index contributed by atoms with van der Waals surface area (Å²) in [6.45, 7) is 0.857. The van der Waals surface area contributed by atoms with E-state index in [2.05, 4.69) is 5.32 Å². The summed E-state index contributed by atoms with van der Waals surface area (Å²) in [6.07, 6.45) is 0. The van der Waals surface area contributed by atoms with Crippen molar-refractivity contribution >= 4 is 69.6 Å². The van der Waals surface area contributed by atoms with Crippen LogP contribution in [0.5, 0.6) is 17.2 Å². The smallest absolute Gasteiger partial charge is 0.291 e. The van der Waals surface area contributed by atoms with Gasteiger partial charge in [-0.2, -0.15) is 0 Å². The van der Waals surface area contributed by atoms with E-state index in [4.69, 9.17) is 76.6 Å². The molecule has 1 amide bonds. The van der Waals surface area contributed by atoms with Crippen LogP contribution in [-0.2, 0) is 6.61 Å². The molecule has 1 aromatic heterocycles. The fraction of sp³-hybridized carbons (Fsp3) is 0.150. The van der Waals surface area contributed by atoms with Crippen LogP contribution in [0.3, 0.4) is 0 Å². The van der Waals surface area contributed by atoms with Gasteiger partial charge in [0, 0.05) is 11.8 Å². The SMILES string of the molecule is O=C(Nc1ccc2c(c1)OCCO2)c1ccc(COc2c(Cl)c(Cl)c(Cl)c(Cl)c2Cl)o1. The molecule has 1 aliphatic heterocycles. The van der Waals surface area contributed by atoms with Crippen molar-refractivity contribution in [2.45, 2.75) is 6.61 Å². The Balaban J connectivity index is 1.44. The van der Waals surface area contributed by atoms with Crippen molar-refractivity contribution in [1.82, 2.24) is 0 Å². The van der Waals surface area contributed by atoms with Gasteiger partial charge < -0.3 is 23.9 Å². The van der Waals surface area contributed by atoms with E-state index in [1.54, 1.807) is 24.3 Å². The van der Waals surface area contributed by atoms with Crippen molar-refractivity contribution in [2.75, 3.05) is 18.5 Å². The number of ether oxygens (including phenoxy) is 3. The monoisotopic (exact) mass is 521 g/mol. The van der Waals surface area contributed by atoms with E-state index in [9.17, 15) is 4.79 Å². The van der Waals surface area contributed by atoms with Gasteiger partial charge in [-0.25, -0.2) is 0 Å². The first kappa shape index (κ1) is 22.2. The molecule has 0 saturated carbocycles. The molecule has 0 unspecified atom stereocenters. The zero-order chi connectivity index (χ0) is 22.1. The molecule has 4 rings (SSSR count). The quantitative estimate of drug-likeness (QED) is 0.284. The first-order valence-electron chi connectivity index (χ1n) is 8.79. The molecule has 0 radical (unpaired) electrons. The van der Waals surface area contributed by atoms with E-state index in [0.717, 1.165) is 0 Å². The third-order valence-electron chi connectivity index (χ3n) is 4.21. The first-order valence-corrected chi connectivity index (χ1v) is 10.7. The predicted molar refractivity (Wildman–Crippen MR) is 120 cm³/mol. The van der Waals surface area contributed by atoms with Gasteiger partial charge in [0.2, 0.25) is 0 Å². The van der Waals surface area contributed by atoms with Crippen LogP contribution in [0.4, 0.5) is 5.69 Å². The van der Waals surface area contributed by atoms with Gasteiger partial charge >= 0.3 is 0 Å². The minimum absolute atomic E-state index is 0.0178. The molecular formula is C20H12Cl5NO5. The Morgan fingerprint density at radius 1 is 0.871 bits per heavy atom. The number of hydrogen-bond donors (Lipinski definition) is 1. The Morgan fingerprint density at radius 3 is 2.23 bits per heavy atom. The van der Waals surface area contributed by atoms with Crippen molar-refractivity contribution in [3.63, 3.8) is 0 Å². The molecule has 1 aliphatic rings. The number of hydrogen-bond acceptors (Lipinski definition) is 5. The van der Waals surface area contributed by atoms with Crippen LogP contribution >= 0.6 is 58.0 Å². The normalized spacial score (nSPS) is 12.5. The summed E-state index contributed by atoms with van der Waals surface area (Å²) >= 11 is 30.3. The topological polar surface area (TPSA) is 69.9 Å². The highest BCUT2D eigenvalue weighted by molar-refractivity contribution is 6.55. The number of benzene rings is 2. The molecule has 162 valence electrons. The van der Waals surface area contributed by atoms with Gasteiger partial charge in [-0.1, -0.05) is 58.0 Å². The molecular weight excluding hydrogens is 511 g/mol. The molecule has 0 saturated heterocycles. The highest BCUT2D eigenvalue weighted by Crippen LogP contribution is 2.48. The zero-order valence-corrected chi connectivity index (χ0v) is 19.2. The Kier molecular flexibility index (Phi) is 6.65. The summed E-state index contributed by atoms with van der Waals surface area (Å²) in [5.74, 6) is 1.23. The van der Waals surface area contributed by atoms with Crippen LogP contribution < -0.4 is 19.5 Å². The van der Waals surface area contributed by atoms with Crippen LogP contribution in [-0.4, -0.2) is 19.1 Å². The van der Waals surface area contributed by atoms with Crippen molar-refractivity contribution in [3.05, 3.63) is 67.0 Å². The van der Waals surface area contributed by atoms with Gasteiger partial charge in [-0.15, -0.1) is 0 Å². The first-order chi connectivity index (χ1) is 14.8. The third-order valence-corrected chi connectivity index (χ3v) is 6.46. The van der Waals surface area contributed by atoms with Crippen LogP contribution in [0.25, 0.3) is 0 Å². The number of furan rings is 1. The van der Waals surface area contributed by atoms with Gasteiger partial charge in [-0.3, -0.25) is 4.79 Å². The maximum absolute atomic E-state index is 12.5. The van der Waals surface area contributed by atoms with E-state index in [1.807, 2.05) is 0 Å². The average molecular weight is 524 g/mol. The van der Waals surface area contributed by atoms with Crippen LogP contribution in [0, 0.1) is 0 Å². The summed E-state index contributed by atoms with van der Waals surface area (Å²) in [7, 11) is 0. The summed E-state index contributed by atoms with van der Waals surface area (Å²) in [5, 5.41) is 2.84. The van der Waals surface area contributed by atoms with Crippen LogP contribution in [0.15, 0.2) is 34.7 Å². The zero-order valence-electron chi connectivity index (χ0n) is 15.4. The molecule has 0 atom stereocenters. The van der Waals surface area contributed by atoms with E-state index in [0.29, 0.717) is 36.2 Å². The number of halogens is 5. The maximum Gasteiger partial charge on any atom is 0.291 e. The Hall–Kier alpha value is -1.96. The lowest BCUT2D eigenvalue weighted by atomic mass is 10.2. The summed E-state index contributed by atoms with van der Waals surface area (Å²) in [4.78, 5) is 12.5. The Labute approximate surface area is 201 Å². The van der Waals surface area contributed by atoms with Crippen LogP contribution in [0.2, 0.25) is 25.1 Å². The molecule has 0 aliphatic carbocycles. The molecule has 0 bridgehead atoms. The summed E-state index contributed by atoms with van der Waals surface area (Å²) in [5.41, 5.74) is 0.535. The fourth-order valence-corrected chi connectivity index (χ4v) is 3.98. The number of anilines is 1. The lowest BCUT2D eigenvalue weighted by Gasteiger charge is -2.18. The van der Waals surface area contributed by atoms with Crippen LogP contribution in [0.1, 0.15) is 16.3 Å². The molecule has 0 spiro atoms. The third kappa shape index (κ3) is 4.64. The number of carbonyl (C=O) groups excluding carboxylic acids is 1. The highest BCUT2D eigenvalue weighted by atomic mass is 35.5. The maximum atomic E-state index is 12.5. The number of carbonyl (C=O) groups is 1. The van der Waals surface area contributed by atoms with Crippen molar-refractivity contribution in [3.8, 4) is 17.2 Å². The largest absolute Gasteiger partial charge is 0.486 e. The van der Waals surface area contributed by atoms with Crippen molar-refractivity contribution in [2.24, 2.45) is 0 Å². The lowest BCUT2D eigenvalue weighted by Crippen LogP contribution is -2.16. The van der Waals surface area contributed by atoms with E-state index >= 15 is 0 Å². The molecule has 3 aromatic rings. The van der Waals surface area contributed by atoms with Gasteiger partial charge in [0.15, 0.2) is 23.0 Å². The van der Waals surface area contributed by atoms with Crippen molar-refractivity contribution < 1.29 is 23.4 Å². The van der Waals surface area contributed by atoms with Gasteiger partial charge in [-0.05, 0) is 24.3 Å². The average Bonchev–Trinajstić information content (AvgIpc) is 3.25. The Morgan fingerprint density at radius 2 is 1.52 bits per heavy atom. The van der Waals surface area contributed by atoms with E-state index in [1.165, 1.54) is 6.07 Å². The number of amides is 1. The number of fused-ring (bicyclic) bond motifs is 1. The molecule has 31 heavy (non-hydrogen) atoms. The summed E-state index contributed by atoms with van der Waals surface area (Å²) in [6, 6.07) is 8.20. The van der Waals surface area contributed by atoms with Crippen molar-refractivity contribution in [1.29, 1.82) is 0 Å². The minimum Gasteiger partial charge on any atom is -0.486 e. The highest BCUT2D eigenvalue weighted by Gasteiger charge is 2.21. The molecule has 11 heteroatoms. The van der Waals surface area contributed by atoms with Gasteiger partial charge in [0.1, 0.15) is 35.6 Å². The second kappa shape index (κ2) is 9.27. The van der Waals surface area contributed by atoms with Gasteiger partial charge in [0.25, 0.3) is 5.91 Å². The summed E-state index contributed by atoms with van der Waals surface area (Å²) < 4.78 is 22.1. The second-order valence-corrected chi connectivity index (χ2v) is 8.16. The van der Waals surface area contributed by atoms with E-state index < -0.39 is 5.91 Å². The Bertz CT molecular complexity index is 1130. The second-order valence-electron chi connectivity index (χ2n) is 6.27. The lowest BCUT2D eigenvalue weighted by molar-refractivity contribution is 0.0992. The van der Waals surface area contributed by atoms with E-state index in [-0.39, 0.29) is 43.2 Å². The molecule has 2 heterocycles. The minimum atomic E-state index is -0.448.